The highest BCUT2D eigenvalue weighted by molar-refractivity contribution is 6.39. The molecule has 0 bridgehead atoms. The molecule has 0 heterocycles. The number of halogens is 5. The van der Waals surface area contributed by atoms with E-state index in [0.717, 1.165) is 5.56 Å². The molecule has 0 aliphatic carbocycles. The molecule has 150 valence electrons. The van der Waals surface area contributed by atoms with Gasteiger partial charge in [0.05, 0.1) is 7.11 Å². The molecule has 1 unspecified atom stereocenters. The van der Waals surface area contributed by atoms with Crippen LogP contribution in [-0.2, 0) is 16.0 Å². The van der Waals surface area contributed by atoms with Crippen molar-refractivity contribution in [3.63, 3.8) is 0 Å². The maximum Gasteiger partial charge on any atom is 0.313 e. The van der Waals surface area contributed by atoms with Crippen molar-refractivity contribution in [1.29, 1.82) is 0 Å². The lowest BCUT2D eigenvalue weighted by atomic mass is 10.1. The fraction of sp³-hybridized carbons (Fsp3) is 0.222. The maximum absolute atomic E-state index is 13.6. The van der Waals surface area contributed by atoms with Gasteiger partial charge < -0.3 is 15.4 Å². The first kappa shape index (κ1) is 21.1. The third-order valence-electron chi connectivity index (χ3n) is 3.71. The van der Waals surface area contributed by atoms with Gasteiger partial charge in [0.25, 0.3) is 0 Å². The molecule has 0 radical (unpaired) electrons. The summed E-state index contributed by atoms with van der Waals surface area (Å²) >= 11 is 0. The number of ether oxygens (including phenoxy) is 1. The summed E-state index contributed by atoms with van der Waals surface area (Å²) in [5.74, 6) is -13.6. The van der Waals surface area contributed by atoms with Gasteiger partial charge in [0.15, 0.2) is 23.3 Å². The molecule has 0 aliphatic rings. The molecule has 0 aromatic heterocycles. The number of benzene rings is 2. The largest absolute Gasteiger partial charge is 0.497 e. The van der Waals surface area contributed by atoms with Gasteiger partial charge in [-0.15, -0.1) is 0 Å². The lowest BCUT2D eigenvalue weighted by Crippen LogP contribution is -2.41. The first-order valence-electron chi connectivity index (χ1n) is 7.91. The molecule has 0 saturated carbocycles. The molecule has 0 aliphatic heterocycles. The number of hydrogen-bond donors (Lipinski definition) is 2. The minimum atomic E-state index is -2.37. The summed E-state index contributed by atoms with van der Waals surface area (Å²) in [6.45, 7) is 1.56. The van der Waals surface area contributed by atoms with Gasteiger partial charge in [0.1, 0.15) is 11.4 Å². The number of nitrogens with one attached hydrogen (secondary N) is 2. The van der Waals surface area contributed by atoms with Gasteiger partial charge in [-0.1, -0.05) is 12.1 Å². The van der Waals surface area contributed by atoms with E-state index in [0.29, 0.717) is 12.2 Å². The van der Waals surface area contributed by atoms with Gasteiger partial charge in [-0.25, -0.2) is 22.0 Å². The molecular weight excluding hydrogens is 387 g/mol. The van der Waals surface area contributed by atoms with Crippen LogP contribution in [0.25, 0.3) is 0 Å². The molecule has 0 spiro atoms. The van der Waals surface area contributed by atoms with Crippen molar-refractivity contribution in [2.45, 2.75) is 19.4 Å². The zero-order valence-electron chi connectivity index (χ0n) is 14.7. The molecule has 2 N–H and O–H groups in total. The van der Waals surface area contributed by atoms with Crippen molar-refractivity contribution in [2.75, 3.05) is 12.4 Å². The summed E-state index contributed by atoms with van der Waals surface area (Å²) in [5, 5.41) is 3.67. The number of anilines is 1. The van der Waals surface area contributed by atoms with Gasteiger partial charge in [-0.2, -0.15) is 0 Å². The summed E-state index contributed by atoms with van der Waals surface area (Å²) in [5.41, 5.74) is -0.829. The summed E-state index contributed by atoms with van der Waals surface area (Å²) < 4.78 is 71.5. The molecule has 0 fully saturated rings. The molecule has 2 rings (SSSR count). The standard InChI is InChI=1S/C18H15F5N2O3/c1-8(6-9-4-3-5-10(7-9)28-2)24-17(26)18(27)25-16-14(22)12(20)11(19)13(21)15(16)23/h3-5,7-8H,6H2,1-2H3,(H,24,26)(H,25,27). The van der Waals surface area contributed by atoms with E-state index in [4.69, 9.17) is 4.74 Å². The quantitative estimate of drug-likeness (QED) is 0.350. The van der Waals surface area contributed by atoms with Crippen LogP contribution in [0.3, 0.4) is 0 Å². The van der Waals surface area contributed by atoms with Gasteiger partial charge in [0.2, 0.25) is 5.82 Å². The minimum absolute atomic E-state index is 0.290. The highest BCUT2D eigenvalue weighted by atomic mass is 19.2. The Kier molecular flexibility index (Phi) is 6.55. The van der Waals surface area contributed by atoms with Crippen LogP contribution in [0, 0.1) is 29.1 Å². The second-order valence-electron chi connectivity index (χ2n) is 5.83. The van der Waals surface area contributed by atoms with Gasteiger partial charge in [-0.05, 0) is 31.0 Å². The van der Waals surface area contributed by atoms with Crippen LogP contribution in [0.2, 0.25) is 0 Å². The molecule has 2 aromatic carbocycles. The highest BCUT2D eigenvalue weighted by Gasteiger charge is 2.28. The molecule has 2 aromatic rings. The van der Waals surface area contributed by atoms with E-state index < -0.39 is 52.6 Å². The molecule has 1 atom stereocenters. The Morgan fingerprint density at radius 2 is 1.54 bits per heavy atom. The van der Waals surface area contributed by atoms with Crippen LogP contribution < -0.4 is 15.4 Å². The summed E-state index contributed by atoms with van der Waals surface area (Å²) in [6, 6.07) is 6.31. The van der Waals surface area contributed by atoms with Crippen LogP contribution >= 0.6 is 0 Å². The monoisotopic (exact) mass is 402 g/mol. The molecule has 0 saturated heterocycles. The molecule has 2 amide bonds. The lowest BCUT2D eigenvalue weighted by molar-refractivity contribution is -0.136. The Labute approximate surface area is 156 Å². The fourth-order valence-electron chi connectivity index (χ4n) is 2.38. The van der Waals surface area contributed by atoms with Crippen molar-refractivity contribution in [1.82, 2.24) is 5.32 Å². The summed E-state index contributed by atoms with van der Waals surface area (Å²) in [7, 11) is 1.48. The number of carbonyl (C=O) groups is 2. The predicted octanol–water partition coefficient (Wildman–Crippen LogP) is 3.08. The zero-order chi connectivity index (χ0) is 21.0. The van der Waals surface area contributed by atoms with E-state index in [1.54, 1.807) is 31.2 Å². The van der Waals surface area contributed by atoms with Crippen LogP contribution in [-0.4, -0.2) is 25.0 Å². The second-order valence-corrected chi connectivity index (χ2v) is 5.83. The normalized spacial score (nSPS) is 11.7. The fourth-order valence-corrected chi connectivity index (χ4v) is 2.38. The van der Waals surface area contributed by atoms with Crippen molar-refractivity contribution >= 4 is 17.5 Å². The van der Waals surface area contributed by atoms with Gasteiger partial charge >= 0.3 is 11.8 Å². The first-order valence-corrected chi connectivity index (χ1v) is 7.91. The van der Waals surface area contributed by atoms with Crippen LogP contribution in [0.15, 0.2) is 24.3 Å². The molecule has 28 heavy (non-hydrogen) atoms. The highest BCUT2D eigenvalue weighted by Crippen LogP contribution is 2.27. The van der Waals surface area contributed by atoms with Gasteiger partial charge in [-0.3, -0.25) is 9.59 Å². The number of carbonyl (C=O) groups excluding carboxylic acids is 2. The third kappa shape index (κ3) is 4.56. The molecule has 10 heteroatoms. The Bertz CT molecular complexity index is 891. The van der Waals surface area contributed by atoms with E-state index in [1.165, 1.54) is 12.4 Å². The number of methoxy groups -OCH3 is 1. The van der Waals surface area contributed by atoms with Crippen LogP contribution in [0.5, 0.6) is 5.75 Å². The Hall–Kier alpha value is -3.17. The number of hydrogen-bond acceptors (Lipinski definition) is 3. The Morgan fingerprint density at radius 3 is 2.11 bits per heavy atom. The topological polar surface area (TPSA) is 67.4 Å². The second kappa shape index (κ2) is 8.68. The van der Waals surface area contributed by atoms with Crippen LogP contribution in [0.1, 0.15) is 12.5 Å². The predicted molar refractivity (Wildman–Crippen MR) is 89.2 cm³/mol. The summed E-state index contributed by atoms with van der Waals surface area (Å²) in [6.07, 6.45) is 0.290. The number of amides is 2. The van der Waals surface area contributed by atoms with Crippen LogP contribution in [0.4, 0.5) is 27.6 Å². The van der Waals surface area contributed by atoms with Crippen molar-refractivity contribution in [3.8, 4) is 5.75 Å². The van der Waals surface area contributed by atoms with E-state index in [2.05, 4.69) is 5.32 Å². The maximum atomic E-state index is 13.6. The zero-order valence-corrected chi connectivity index (χ0v) is 14.7. The minimum Gasteiger partial charge on any atom is -0.497 e. The Balaban J connectivity index is 2.06. The van der Waals surface area contributed by atoms with E-state index >= 15 is 0 Å². The molecular formula is C18H15F5N2O3. The first-order chi connectivity index (χ1) is 13.1. The smallest absolute Gasteiger partial charge is 0.313 e. The van der Waals surface area contributed by atoms with E-state index in [-0.39, 0.29) is 0 Å². The third-order valence-corrected chi connectivity index (χ3v) is 3.71. The SMILES string of the molecule is COc1cccc(CC(C)NC(=O)C(=O)Nc2c(F)c(F)c(F)c(F)c2F)c1. The van der Waals surface area contributed by atoms with Crippen molar-refractivity contribution in [3.05, 3.63) is 58.9 Å². The van der Waals surface area contributed by atoms with Gasteiger partial charge in [0, 0.05) is 6.04 Å². The molecule has 5 nitrogen and oxygen atoms in total. The Morgan fingerprint density at radius 1 is 0.964 bits per heavy atom. The van der Waals surface area contributed by atoms with Crippen molar-refractivity contribution in [2.24, 2.45) is 0 Å². The van der Waals surface area contributed by atoms with Crippen molar-refractivity contribution < 1.29 is 36.3 Å². The average molecular weight is 402 g/mol. The number of rotatable bonds is 5. The average Bonchev–Trinajstić information content (AvgIpc) is 2.67. The summed E-state index contributed by atoms with van der Waals surface area (Å²) in [4.78, 5) is 23.7. The lowest BCUT2D eigenvalue weighted by Gasteiger charge is -2.15. The van der Waals surface area contributed by atoms with E-state index in [9.17, 15) is 31.5 Å². The van der Waals surface area contributed by atoms with E-state index in [1.807, 2.05) is 0 Å².